The Bertz CT molecular complexity index is 1860. The van der Waals surface area contributed by atoms with E-state index in [1.165, 1.54) is 44.3 Å². The van der Waals surface area contributed by atoms with Crippen LogP contribution in [0.25, 0.3) is 11.8 Å². The van der Waals surface area contributed by atoms with Gasteiger partial charge in [0, 0.05) is 17.7 Å². The number of hydrogen-bond donors (Lipinski definition) is 0. The molecule has 0 unspecified atom stereocenters. The van der Waals surface area contributed by atoms with Crippen LogP contribution in [-0.2, 0) is 6.42 Å². The maximum Gasteiger partial charge on any atom is 0.271 e. The van der Waals surface area contributed by atoms with Crippen LogP contribution < -0.4 is 29.1 Å². The van der Waals surface area contributed by atoms with E-state index in [-0.39, 0.29) is 11.2 Å². The molecule has 0 bridgehead atoms. The molecule has 0 amide bonds. The summed E-state index contributed by atoms with van der Waals surface area (Å²) in [6, 6.07) is 17.7. The van der Waals surface area contributed by atoms with Crippen LogP contribution in [0, 0.1) is 10.1 Å². The number of nitro groups is 1. The third-order valence-corrected chi connectivity index (χ3v) is 8.24. The van der Waals surface area contributed by atoms with E-state index in [4.69, 9.17) is 19.2 Å². The summed E-state index contributed by atoms with van der Waals surface area (Å²) >= 11 is 1.28. The average molecular weight is 556 g/mol. The maximum absolute atomic E-state index is 14.0. The number of aromatic nitrogens is 1. The Labute approximate surface area is 233 Å². The fourth-order valence-electron chi connectivity index (χ4n) is 5.47. The highest BCUT2D eigenvalue weighted by atomic mass is 32.1. The van der Waals surface area contributed by atoms with Crippen LogP contribution >= 0.6 is 11.3 Å². The predicted octanol–water partition coefficient (Wildman–Crippen LogP) is 4.25. The Morgan fingerprint density at radius 1 is 1.00 bits per heavy atom. The van der Waals surface area contributed by atoms with Gasteiger partial charge in [-0.3, -0.25) is 19.5 Å². The van der Waals surface area contributed by atoms with Crippen molar-refractivity contribution < 1.29 is 19.1 Å². The lowest BCUT2D eigenvalue weighted by atomic mass is 9.83. The van der Waals surface area contributed by atoms with Gasteiger partial charge in [0.1, 0.15) is 0 Å². The first-order chi connectivity index (χ1) is 19.4. The maximum atomic E-state index is 14.0. The Morgan fingerprint density at radius 3 is 2.45 bits per heavy atom. The average Bonchev–Trinajstić information content (AvgIpc) is 3.29. The molecule has 1 aliphatic carbocycles. The topological polar surface area (TPSA) is 105 Å². The van der Waals surface area contributed by atoms with E-state index in [0.717, 1.165) is 23.3 Å². The minimum absolute atomic E-state index is 0.0209. The van der Waals surface area contributed by atoms with Gasteiger partial charge in [0.2, 0.25) is 5.75 Å². The van der Waals surface area contributed by atoms with E-state index in [0.29, 0.717) is 44.1 Å². The van der Waals surface area contributed by atoms with Crippen LogP contribution in [0.15, 0.2) is 76.0 Å². The van der Waals surface area contributed by atoms with Gasteiger partial charge in [-0.05, 0) is 53.3 Å². The molecule has 2 aliphatic rings. The van der Waals surface area contributed by atoms with Crippen molar-refractivity contribution in [2.24, 2.45) is 4.99 Å². The highest BCUT2D eigenvalue weighted by Crippen LogP contribution is 2.42. The summed E-state index contributed by atoms with van der Waals surface area (Å²) in [6.45, 7) is 0. The lowest BCUT2D eigenvalue weighted by Crippen LogP contribution is -2.38. The van der Waals surface area contributed by atoms with E-state index in [2.05, 4.69) is 6.07 Å². The SMILES string of the molecule is COc1cc(/C=c2/sc3n(c2=O)[C@@H](c2cccc([N+](=O)[O-])c2)C2=C(N=3)c3ccccc3CC2)cc(OC)c1OC. The standard InChI is InChI=1S/C30H25N3O6S/c1-37-23-13-17(14-24(38-2)28(23)39-3)15-25-29(34)32-27(19-8-6-9-20(16-19)33(35)36)22-12-11-18-7-4-5-10-21(18)26(22)31-30(32)40-25/h4-10,13-16,27H,11-12H2,1-3H3/b25-15+/t27-/m0/s1. The molecule has 0 saturated heterocycles. The zero-order valence-corrected chi connectivity index (χ0v) is 22.9. The van der Waals surface area contributed by atoms with E-state index in [1.54, 1.807) is 34.9 Å². The van der Waals surface area contributed by atoms with Crippen molar-refractivity contribution in [2.75, 3.05) is 21.3 Å². The number of thiazole rings is 1. The molecule has 0 radical (unpaired) electrons. The number of fused-ring (bicyclic) bond motifs is 3. The normalized spacial score (nSPS) is 16.0. The summed E-state index contributed by atoms with van der Waals surface area (Å²) < 4.78 is 18.5. The Hall–Kier alpha value is -4.70. The van der Waals surface area contributed by atoms with Crippen LogP contribution in [0.4, 0.5) is 5.69 Å². The second-order valence-electron chi connectivity index (χ2n) is 9.42. The fourth-order valence-corrected chi connectivity index (χ4v) is 6.47. The number of nitrogens with zero attached hydrogens (tertiary/aromatic N) is 3. The monoisotopic (exact) mass is 555 g/mol. The van der Waals surface area contributed by atoms with Crippen LogP contribution in [0.5, 0.6) is 17.2 Å². The van der Waals surface area contributed by atoms with Crippen molar-refractivity contribution in [2.45, 2.75) is 18.9 Å². The van der Waals surface area contributed by atoms with Crippen LogP contribution in [0.1, 0.15) is 34.7 Å². The summed E-state index contributed by atoms with van der Waals surface area (Å²) in [6.07, 6.45) is 3.27. The second-order valence-corrected chi connectivity index (χ2v) is 10.4. The first-order valence-corrected chi connectivity index (χ1v) is 13.4. The highest BCUT2D eigenvalue weighted by Gasteiger charge is 2.33. The molecule has 6 rings (SSSR count). The molecule has 9 nitrogen and oxygen atoms in total. The van der Waals surface area contributed by atoms with Crippen LogP contribution in [0.3, 0.4) is 0 Å². The lowest BCUT2D eigenvalue weighted by molar-refractivity contribution is -0.384. The van der Waals surface area contributed by atoms with Crippen LogP contribution in [-0.4, -0.2) is 30.8 Å². The minimum atomic E-state index is -0.512. The largest absolute Gasteiger partial charge is 0.493 e. The van der Waals surface area contributed by atoms with Crippen molar-refractivity contribution in [3.8, 4) is 17.2 Å². The number of aryl methyl sites for hydroxylation is 1. The van der Waals surface area contributed by atoms with Gasteiger partial charge in [0.05, 0.1) is 42.5 Å². The van der Waals surface area contributed by atoms with Gasteiger partial charge in [-0.2, -0.15) is 0 Å². The first-order valence-electron chi connectivity index (χ1n) is 12.6. The number of allylic oxidation sites excluding steroid dienone is 1. The first kappa shape index (κ1) is 25.6. The molecule has 0 spiro atoms. The van der Waals surface area contributed by atoms with Crippen LogP contribution in [0.2, 0.25) is 0 Å². The molecule has 1 aliphatic heterocycles. The molecule has 40 heavy (non-hydrogen) atoms. The van der Waals surface area contributed by atoms with Crippen molar-refractivity contribution in [3.05, 3.63) is 118 Å². The molecule has 0 fully saturated rings. The summed E-state index contributed by atoms with van der Waals surface area (Å²) in [5.74, 6) is 1.41. The van der Waals surface area contributed by atoms with Gasteiger partial charge in [0.25, 0.3) is 11.2 Å². The van der Waals surface area contributed by atoms with Crippen molar-refractivity contribution >= 4 is 28.8 Å². The minimum Gasteiger partial charge on any atom is -0.493 e. The molecule has 0 saturated carbocycles. The molecule has 2 heterocycles. The molecule has 4 aromatic rings. The molecule has 202 valence electrons. The molecule has 3 aromatic carbocycles. The number of hydrogen-bond acceptors (Lipinski definition) is 8. The number of benzene rings is 3. The number of methoxy groups -OCH3 is 3. The van der Waals surface area contributed by atoms with Gasteiger partial charge in [0.15, 0.2) is 16.3 Å². The quantitative estimate of drug-likeness (QED) is 0.260. The highest BCUT2D eigenvalue weighted by molar-refractivity contribution is 7.07. The van der Waals surface area contributed by atoms with E-state index in [9.17, 15) is 14.9 Å². The van der Waals surface area contributed by atoms with Crippen molar-refractivity contribution in [1.29, 1.82) is 0 Å². The van der Waals surface area contributed by atoms with Gasteiger partial charge < -0.3 is 14.2 Å². The zero-order chi connectivity index (χ0) is 28.0. The predicted molar refractivity (Wildman–Crippen MR) is 152 cm³/mol. The fraction of sp³-hybridized carbons (Fsp3) is 0.200. The smallest absolute Gasteiger partial charge is 0.271 e. The summed E-state index contributed by atoms with van der Waals surface area (Å²) in [4.78, 5) is 30.8. The number of ether oxygens (including phenoxy) is 3. The Morgan fingerprint density at radius 2 is 1.75 bits per heavy atom. The number of rotatable bonds is 6. The van der Waals surface area contributed by atoms with E-state index >= 15 is 0 Å². The van der Waals surface area contributed by atoms with Gasteiger partial charge in [-0.15, -0.1) is 0 Å². The summed E-state index contributed by atoms with van der Waals surface area (Å²) in [5, 5.41) is 11.6. The third-order valence-electron chi connectivity index (χ3n) is 7.25. The molecular formula is C30H25N3O6S. The molecule has 1 atom stereocenters. The van der Waals surface area contributed by atoms with E-state index < -0.39 is 11.0 Å². The number of nitro benzene ring substituents is 1. The van der Waals surface area contributed by atoms with Gasteiger partial charge in [-0.1, -0.05) is 47.7 Å². The van der Waals surface area contributed by atoms with Gasteiger partial charge in [-0.25, -0.2) is 4.99 Å². The zero-order valence-electron chi connectivity index (χ0n) is 22.0. The Kier molecular flexibility index (Phi) is 6.47. The van der Waals surface area contributed by atoms with Gasteiger partial charge >= 0.3 is 0 Å². The van der Waals surface area contributed by atoms with Crippen molar-refractivity contribution in [3.63, 3.8) is 0 Å². The second kappa shape index (κ2) is 10.1. The van der Waals surface area contributed by atoms with Crippen molar-refractivity contribution in [1.82, 2.24) is 4.57 Å². The Balaban J connectivity index is 1.60. The molecule has 0 N–H and O–H groups in total. The summed E-state index contributed by atoms with van der Waals surface area (Å²) in [5.41, 5.74) is 5.16. The summed E-state index contributed by atoms with van der Waals surface area (Å²) in [7, 11) is 4.61. The molecular weight excluding hydrogens is 530 g/mol. The number of non-ortho nitro benzene ring substituents is 1. The molecule has 1 aromatic heterocycles. The lowest BCUT2D eigenvalue weighted by Gasteiger charge is -2.30. The van der Waals surface area contributed by atoms with E-state index in [1.807, 2.05) is 24.3 Å². The third kappa shape index (κ3) is 4.17. The molecule has 10 heteroatoms.